The van der Waals surface area contributed by atoms with Crippen LogP contribution in [0.3, 0.4) is 0 Å². The first-order chi connectivity index (χ1) is 5.07. The van der Waals surface area contributed by atoms with Crippen LogP contribution in [0.1, 0.15) is 26.7 Å². The molecule has 11 heavy (non-hydrogen) atoms. The average Bonchev–Trinajstić information content (AvgIpc) is 1.87. The summed E-state index contributed by atoms with van der Waals surface area (Å²) in [5.41, 5.74) is 5.74. The van der Waals surface area contributed by atoms with Gasteiger partial charge in [-0.2, -0.15) is 0 Å². The second kappa shape index (κ2) is 5.98. The molecular weight excluding hydrogens is 206 g/mol. The first-order valence-corrected chi connectivity index (χ1v) is 5.00. The van der Waals surface area contributed by atoms with Crippen molar-refractivity contribution in [3.05, 3.63) is 0 Å². The predicted octanol–water partition coefficient (Wildman–Crippen LogP) is 1.51. The fourth-order valence-electron chi connectivity index (χ4n) is 0.949. The number of alkyl halides is 1. The van der Waals surface area contributed by atoms with Gasteiger partial charge in [-0.3, -0.25) is 0 Å². The van der Waals surface area contributed by atoms with E-state index >= 15 is 0 Å². The number of hydrogen-bond acceptors (Lipinski definition) is 2. The molecule has 0 aliphatic heterocycles. The van der Waals surface area contributed by atoms with E-state index in [4.69, 9.17) is 10.8 Å². The highest BCUT2D eigenvalue weighted by Crippen LogP contribution is 2.17. The minimum absolute atomic E-state index is 0.148. The number of rotatable bonds is 5. The number of halogens is 1. The van der Waals surface area contributed by atoms with Crippen LogP contribution in [-0.2, 0) is 0 Å². The normalized spacial score (nSPS) is 19.4. The average molecular weight is 224 g/mol. The maximum Gasteiger partial charge on any atom is 0.0445 e. The van der Waals surface area contributed by atoms with Crippen LogP contribution in [0.4, 0.5) is 0 Å². The summed E-state index contributed by atoms with van der Waals surface area (Å²) in [6.45, 7) is 4.48. The van der Waals surface area contributed by atoms with Crippen molar-refractivity contribution in [1.82, 2.24) is 0 Å². The topological polar surface area (TPSA) is 46.2 Å². The lowest BCUT2D eigenvalue weighted by Gasteiger charge is -2.18. The summed E-state index contributed by atoms with van der Waals surface area (Å²) in [7, 11) is 0. The van der Waals surface area contributed by atoms with Crippen LogP contribution in [-0.4, -0.2) is 22.6 Å². The molecule has 0 aromatic rings. The Hall–Kier alpha value is 0.400. The van der Waals surface area contributed by atoms with Crippen molar-refractivity contribution in [3.63, 3.8) is 0 Å². The summed E-state index contributed by atoms with van der Waals surface area (Å²) in [6, 6.07) is 0.148. The lowest BCUT2D eigenvalue weighted by Crippen LogP contribution is -2.26. The highest BCUT2D eigenvalue weighted by molar-refractivity contribution is 9.09. The van der Waals surface area contributed by atoms with E-state index in [1.807, 2.05) is 0 Å². The van der Waals surface area contributed by atoms with Gasteiger partial charge in [0.25, 0.3) is 0 Å². The summed E-state index contributed by atoms with van der Waals surface area (Å²) in [4.78, 5) is 0.507. The van der Waals surface area contributed by atoms with Gasteiger partial charge in [0.05, 0.1) is 0 Å². The van der Waals surface area contributed by atoms with E-state index < -0.39 is 0 Å². The van der Waals surface area contributed by atoms with E-state index in [1.54, 1.807) is 0 Å². The molecule has 0 bridgehead atoms. The number of aliphatic hydroxyl groups is 1. The van der Waals surface area contributed by atoms with Crippen molar-refractivity contribution in [2.75, 3.05) is 6.61 Å². The fourth-order valence-corrected chi connectivity index (χ4v) is 1.16. The zero-order chi connectivity index (χ0) is 8.85. The molecule has 0 rings (SSSR count). The third-order valence-electron chi connectivity index (χ3n) is 1.96. The van der Waals surface area contributed by atoms with Gasteiger partial charge in [-0.25, -0.2) is 0 Å². The molecule has 0 aliphatic rings. The molecule has 0 heterocycles. The van der Waals surface area contributed by atoms with Crippen molar-refractivity contribution in [3.8, 4) is 0 Å². The maximum atomic E-state index is 8.60. The Bertz CT molecular complexity index is 98.1. The largest absolute Gasteiger partial charge is 0.396 e. The Labute approximate surface area is 77.3 Å². The Morgan fingerprint density at radius 2 is 2.00 bits per heavy atom. The van der Waals surface area contributed by atoms with Crippen molar-refractivity contribution < 1.29 is 5.11 Å². The van der Waals surface area contributed by atoms with E-state index in [1.165, 1.54) is 0 Å². The Balaban J connectivity index is 3.48. The van der Waals surface area contributed by atoms with Gasteiger partial charge in [-0.1, -0.05) is 29.8 Å². The standard InChI is InChI=1S/C8H18BrNO/c1-6(7(2)9)5-8(10)3-4-11/h6-8,11H,3-5,10H2,1-2H3/t6?,7-,8+/m0/s1. The van der Waals surface area contributed by atoms with Gasteiger partial charge in [0.15, 0.2) is 0 Å². The molecule has 2 nitrogen and oxygen atoms in total. The molecule has 68 valence electrons. The van der Waals surface area contributed by atoms with Gasteiger partial charge in [0, 0.05) is 17.5 Å². The van der Waals surface area contributed by atoms with Crippen molar-refractivity contribution >= 4 is 15.9 Å². The quantitative estimate of drug-likeness (QED) is 0.695. The molecule has 1 unspecified atom stereocenters. The van der Waals surface area contributed by atoms with Gasteiger partial charge in [0.2, 0.25) is 0 Å². The first-order valence-electron chi connectivity index (χ1n) is 4.08. The lowest BCUT2D eigenvalue weighted by atomic mass is 9.98. The maximum absolute atomic E-state index is 8.60. The summed E-state index contributed by atoms with van der Waals surface area (Å²) >= 11 is 3.50. The summed E-state index contributed by atoms with van der Waals surface area (Å²) < 4.78 is 0. The van der Waals surface area contributed by atoms with Crippen LogP contribution < -0.4 is 5.73 Å². The molecule has 0 amide bonds. The van der Waals surface area contributed by atoms with E-state index in [2.05, 4.69) is 29.8 Å². The lowest BCUT2D eigenvalue weighted by molar-refractivity contribution is 0.266. The SMILES string of the molecule is CC(C[C@H](N)CCO)[C@H](C)Br. The van der Waals surface area contributed by atoms with Crippen LogP contribution in [0.15, 0.2) is 0 Å². The van der Waals surface area contributed by atoms with Crippen LogP contribution >= 0.6 is 15.9 Å². The first kappa shape index (κ1) is 11.4. The van der Waals surface area contributed by atoms with Crippen molar-refractivity contribution in [2.45, 2.75) is 37.6 Å². The van der Waals surface area contributed by atoms with Gasteiger partial charge in [0.1, 0.15) is 0 Å². The van der Waals surface area contributed by atoms with Crippen LogP contribution in [0.5, 0.6) is 0 Å². The van der Waals surface area contributed by atoms with E-state index in [9.17, 15) is 0 Å². The number of hydrogen-bond donors (Lipinski definition) is 2. The molecule has 0 fully saturated rings. The molecule has 3 N–H and O–H groups in total. The second-order valence-corrected chi connectivity index (χ2v) is 4.61. The molecule has 0 saturated carbocycles. The molecule has 0 saturated heterocycles. The van der Waals surface area contributed by atoms with Crippen molar-refractivity contribution in [2.24, 2.45) is 11.7 Å². The van der Waals surface area contributed by atoms with E-state index in [-0.39, 0.29) is 12.6 Å². The summed E-state index contributed by atoms with van der Waals surface area (Å²) in [5.74, 6) is 0.580. The van der Waals surface area contributed by atoms with Crippen molar-refractivity contribution in [1.29, 1.82) is 0 Å². The minimum Gasteiger partial charge on any atom is -0.396 e. The molecule has 3 heteroatoms. The smallest absolute Gasteiger partial charge is 0.0445 e. The highest BCUT2D eigenvalue weighted by atomic mass is 79.9. The van der Waals surface area contributed by atoms with Gasteiger partial charge < -0.3 is 10.8 Å². The van der Waals surface area contributed by atoms with Gasteiger partial charge >= 0.3 is 0 Å². The zero-order valence-electron chi connectivity index (χ0n) is 7.26. The van der Waals surface area contributed by atoms with E-state index in [0.717, 1.165) is 6.42 Å². The fraction of sp³-hybridized carbons (Fsp3) is 1.00. The molecule has 3 atom stereocenters. The zero-order valence-corrected chi connectivity index (χ0v) is 8.84. The van der Waals surface area contributed by atoms with Gasteiger partial charge in [-0.05, 0) is 18.8 Å². The molecule has 0 aromatic carbocycles. The number of nitrogens with two attached hydrogens (primary N) is 1. The van der Waals surface area contributed by atoms with Gasteiger partial charge in [-0.15, -0.1) is 0 Å². The van der Waals surface area contributed by atoms with Crippen LogP contribution in [0.25, 0.3) is 0 Å². The monoisotopic (exact) mass is 223 g/mol. The van der Waals surface area contributed by atoms with Crippen LogP contribution in [0, 0.1) is 5.92 Å². The molecule has 0 aromatic heterocycles. The summed E-state index contributed by atoms with van der Waals surface area (Å²) in [6.07, 6.45) is 1.69. The molecule has 0 radical (unpaired) electrons. The summed E-state index contributed by atoms with van der Waals surface area (Å²) in [5, 5.41) is 8.60. The third-order valence-corrected chi connectivity index (χ3v) is 2.86. The highest BCUT2D eigenvalue weighted by Gasteiger charge is 2.12. The Kier molecular flexibility index (Phi) is 6.19. The number of aliphatic hydroxyl groups excluding tert-OH is 1. The third kappa shape index (κ3) is 5.65. The Morgan fingerprint density at radius 1 is 1.45 bits per heavy atom. The van der Waals surface area contributed by atoms with Crippen LogP contribution in [0.2, 0.25) is 0 Å². The molecule has 0 spiro atoms. The minimum atomic E-state index is 0.148. The Morgan fingerprint density at radius 3 is 2.36 bits per heavy atom. The molecule has 0 aliphatic carbocycles. The predicted molar refractivity (Wildman–Crippen MR) is 51.8 cm³/mol. The molecular formula is C8H18BrNO. The second-order valence-electron chi connectivity index (χ2n) is 3.16. The van der Waals surface area contributed by atoms with E-state index in [0.29, 0.717) is 17.2 Å².